The third-order valence-corrected chi connectivity index (χ3v) is 3.91. The summed E-state index contributed by atoms with van der Waals surface area (Å²) >= 11 is 1.20. The van der Waals surface area contributed by atoms with Crippen molar-refractivity contribution in [2.45, 2.75) is 19.8 Å². The molecule has 0 spiro atoms. The summed E-state index contributed by atoms with van der Waals surface area (Å²) in [6.07, 6.45) is 0. The van der Waals surface area contributed by atoms with E-state index in [4.69, 9.17) is 5.11 Å². The van der Waals surface area contributed by atoms with Gasteiger partial charge in [-0.3, -0.25) is 0 Å². The van der Waals surface area contributed by atoms with E-state index < -0.39 is 5.97 Å². The molecule has 2 N–H and O–H groups in total. The van der Waals surface area contributed by atoms with Gasteiger partial charge in [-0.2, -0.15) is 4.37 Å². The van der Waals surface area contributed by atoms with Gasteiger partial charge in [0.2, 0.25) is 0 Å². The number of aromatic nitrogens is 1. The summed E-state index contributed by atoms with van der Waals surface area (Å²) in [5.41, 5.74) is 2.07. The minimum atomic E-state index is -0.930. The number of aromatic carboxylic acids is 1. The first-order valence-electron chi connectivity index (χ1n) is 6.08. The average molecular weight is 276 g/mol. The SMILES string of the molecule is Cc1nsc(NCC(C)c2ccccc2)c1C(=O)O. The van der Waals surface area contributed by atoms with Crippen molar-refractivity contribution in [2.75, 3.05) is 11.9 Å². The van der Waals surface area contributed by atoms with Crippen LogP contribution in [0.3, 0.4) is 0 Å². The smallest absolute Gasteiger partial charge is 0.340 e. The number of rotatable bonds is 5. The maximum absolute atomic E-state index is 11.1. The molecule has 0 bridgehead atoms. The van der Waals surface area contributed by atoms with Gasteiger partial charge in [0, 0.05) is 6.54 Å². The Balaban J connectivity index is 2.05. The molecule has 1 heterocycles. The summed E-state index contributed by atoms with van der Waals surface area (Å²) in [5, 5.41) is 13.0. The Bertz CT molecular complexity index is 566. The van der Waals surface area contributed by atoms with Gasteiger partial charge in [-0.25, -0.2) is 4.79 Å². The number of carbonyl (C=O) groups is 1. The van der Waals surface area contributed by atoms with Crippen molar-refractivity contribution >= 4 is 22.5 Å². The molecule has 1 aromatic heterocycles. The molecule has 0 aliphatic carbocycles. The highest BCUT2D eigenvalue weighted by atomic mass is 32.1. The average Bonchev–Trinajstić information content (AvgIpc) is 2.78. The molecular weight excluding hydrogens is 260 g/mol. The first kappa shape index (κ1) is 13.5. The Morgan fingerprint density at radius 3 is 2.74 bits per heavy atom. The molecule has 0 radical (unpaired) electrons. The largest absolute Gasteiger partial charge is 0.478 e. The molecule has 1 unspecified atom stereocenters. The molecule has 0 aliphatic rings. The van der Waals surface area contributed by atoms with Crippen molar-refractivity contribution in [3.8, 4) is 0 Å². The quantitative estimate of drug-likeness (QED) is 0.879. The van der Waals surface area contributed by atoms with Gasteiger partial charge in [0.25, 0.3) is 0 Å². The topological polar surface area (TPSA) is 62.2 Å². The number of carboxylic acid groups (broad SMARTS) is 1. The Labute approximate surface area is 116 Å². The van der Waals surface area contributed by atoms with Crippen LogP contribution < -0.4 is 5.32 Å². The molecule has 5 heteroatoms. The van der Waals surface area contributed by atoms with E-state index in [1.54, 1.807) is 6.92 Å². The highest BCUT2D eigenvalue weighted by Crippen LogP contribution is 2.25. The number of aryl methyl sites for hydroxylation is 1. The van der Waals surface area contributed by atoms with Crippen molar-refractivity contribution in [3.05, 3.63) is 47.2 Å². The number of hydrogen-bond acceptors (Lipinski definition) is 4. The normalized spacial score (nSPS) is 12.1. The Hall–Kier alpha value is -1.88. The zero-order valence-corrected chi connectivity index (χ0v) is 11.7. The lowest BCUT2D eigenvalue weighted by atomic mass is 10.0. The Morgan fingerprint density at radius 1 is 1.42 bits per heavy atom. The summed E-state index contributed by atoms with van der Waals surface area (Å²) in [7, 11) is 0. The second-order valence-electron chi connectivity index (χ2n) is 4.47. The van der Waals surface area contributed by atoms with E-state index in [2.05, 4.69) is 28.7 Å². The van der Waals surface area contributed by atoms with Crippen LogP contribution in [0.4, 0.5) is 5.00 Å². The van der Waals surface area contributed by atoms with Crippen LogP contribution >= 0.6 is 11.5 Å². The third-order valence-electron chi connectivity index (χ3n) is 3.01. The van der Waals surface area contributed by atoms with E-state index in [9.17, 15) is 4.79 Å². The van der Waals surface area contributed by atoms with Crippen molar-refractivity contribution < 1.29 is 9.90 Å². The summed E-state index contributed by atoms with van der Waals surface area (Å²) in [6.45, 7) is 4.51. The van der Waals surface area contributed by atoms with Crippen LogP contribution in [0, 0.1) is 6.92 Å². The predicted molar refractivity (Wildman–Crippen MR) is 77.2 cm³/mol. The van der Waals surface area contributed by atoms with Crippen LogP contribution in [0.5, 0.6) is 0 Å². The third kappa shape index (κ3) is 3.12. The van der Waals surface area contributed by atoms with Gasteiger partial charge in [-0.15, -0.1) is 0 Å². The van der Waals surface area contributed by atoms with Gasteiger partial charge in [0.1, 0.15) is 10.6 Å². The lowest BCUT2D eigenvalue weighted by molar-refractivity contribution is 0.0697. The standard InChI is InChI=1S/C14H16N2O2S/c1-9(11-6-4-3-5-7-11)8-15-13-12(14(17)18)10(2)16-19-13/h3-7,9,15H,8H2,1-2H3,(H,17,18). The highest BCUT2D eigenvalue weighted by Gasteiger charge is 2.17. The van der Waals surface area contributed by atoms with E-state index in [1.807, 2.05) is 18.2 Å². The highest BCUT2D eigenvalue weighted by molar-refractivity contribution is 7.10. The zero-order chi connectivity index (χ0) is 13.8. The second-order valence-corrected chi connectivity index (χ2v) is 5.24. The second kappa shape index (κ2) is 5.84. The van der Waals surface area contributed by atoms with Gasteiger partial charge in [0.05, 0.1) is 5.69 Å². The maximum atomic E-state index is 11.1. The molecule has 0 saturated carbocycles. The summed E-state index contributed by atoms with van der Waals surface area (Å²) in [5.74, 6) is -0.619. The van der Waals surface area contributed by atoms with Gasteiger partial charge in [0.15, 0.2) is 0 Å². The van der Waals surface area contributed by atoms with E-state index in [0.717, 1.165) is 0 Å². The maximum Gasteiger partial charge on any atom is 0.340 e. The van der Waals surface area contributed by atoms with Crippen LogP contribution in [0.1, 0.15) is 34.5 Å². The first-order chi connectivity index (χ1) is 9.09. The first-order valence-corrected chi connectivity index (χ1v) is 6.85. The molecule has 1 atom stereocenters. The number of nitrogens with one attached hydrogen (secondary N) is 1. The van der Waals surface area contributed by atoms with E-state index in [-0.39, 0.29) is 5.56 Å². The summed E-state index contributed by atoms with van der Waals surface area (Å²) < 4.78 is 4.09. The Kier molecular flexibility index (Phi) is 4.16. The fourth-order valence-electron chi connectivity index (χ4n) is 1.89. The van der Waals surface area contributed by atoms with Gasteiger partial charge < -0.3 is 10.4 Å². The lowest BCUT2D eigenvalue weighted by Crippen LogP contribution is -2.11. The van der Waals surface area contributed by atoms with Crippen molar-refractivity contribution in [2.24, 2.45) is 0 Å². The van der Waals surface area contributed by atoms with Gasteiger partial charge in [-0.05, 0) is 29.9 Å². The minimum absolute atomic E-state index is 0.283. The molecule has 0 saturated heterocycles. The van der Waals surface area contributed by atoms with Crippen molar-refractivity contribution in [3.63, 3.8) is 0 Å². The molecule has 0 amide bonds. The lowest BCUT2D eigenvalue weighted by Gasteiger charge is -2.13. The predicted octanol–water partition coefficient (Wildman–Crippen LogP) is 3.37. The van der Waals surface area contributed by atoms with Gasteiger partial charge in [-0.1, -0.05) is 37.3 Å². The monoisotopic (exact) mass is 276 g/mol. The molecule has 2 rings (SSSR count). The van der Waals surface area contributed by atoms with E-state index in [0.29, 0.717) is 23.2 Å². The molecule has 0 fully saturated rings. The number of carboxylic acids is 1. The van der Waals surface area contributed by atoms with E-state index in [1.165, 1.54) is 17.1 Å². The zero-order valence-electron chi connectivity index (χ0n) is 10.9. The summed E-state index contributed by atoms with van der Waals surface area (Å²) in [4.78, 5) is 11.1. The molecule has 100 valence electrons. The van der Waals surface area contributed by atoms with Gasteiger partial charge >= 0.3 is 5.97 Å². The summed E-state index contributed by atoms with van der Waals surface area (Å²) in [6, 6.07) is 10.1. The molecule has 0 aliphatic heterocycles. The molecular formula is C14H16N2O2S. The van der Waals surface area contributed by atoms with Crippen LogP contribution in [0.25, 0.3) is 0 Å². The number of benzene rings is 1. The number of anilines is 1. The van der Waals surface area contributed by atoms with Crippen LogP contribution in [-0.2, 0) is 0 Å². The molecule has 2 aromatic rings. The van der Waals surface area contributed by atoms with Crippen LogP contribution in [-0.4, -0.2) is 22.0 Å². The molecule has 4 nitrogen and oxygen atoms in total. The fourth-order valence-corrected chi connectivity index (χ4v) is 2.68. The number of hydrogen-bond donors (Lipinski definition) is 2. The fraction of sp³-hybridized carbons (Fsp3) is 0.286. The van der Waals surface area contributed by atoms with Crippen LogP contribution in [0.15, 0.2) is 30.3 Å². The Morgan fingerprint density at radius 2 is 2.11 bits per heavy atom. The molecule has 1 aromatic carbocycles. The van der Waals surface area contributed by atoms with Crippen molar-refractivity contribution in [1.82, 2.24) is 4.37 Å². The van der Waals surface area contributed by atoms with Crippen molar-refractivity contribution in [1.29, 1.82) is 0 Å². The van der Waals surface area contributed by atoms with E-state index >= 15 is 0 Å². The minimum Gasteiger partial charge on any atom is -0.478 e. The molecule has 19 heavy (non-hydrogen) atoms. The number of nitrogens with zero attached hydrogens (tertiary/aromatic N) is 1. The van der Waals surface area contributed by atoms with Crippen LogP contribution in [0.2, 0.25) is 0 Å².